The first-order valence-electron chi connectivity index (χ1n) is 6.15. The monoisotopic (exact) mass is 260 g/mol. The van der Waals surface area contributed by atoms with E-state index in [-0.39, 0.29) is 11.7 Å². The summed E-state index contributed by atoms with van der Waals surface area (Å²) in [6.45, 7) is 4.89. The van der Waals surface area contributed by atoms with Crippen LogP contribution in [-0.2, 0) is 4.79 Å². The molecular weight excluding hydrogens is 244 g/mol. The number of nitrogens with two attached hydrogens (primary N) is 1. The number of rotatable bonds is 3. The lowest BCUT2D eigenvalue weighted by molar-refractivity contribution is -0.127. The minimum atomic E-state index is -0.627. The summed E-state index contributed by atoms with van der Waals surface area (Å²) in [6.07, 6.45) is 6.34. The lowest BCUT2D eigenvalue weighted by atomic mass is 9.91. The van der Waals surface area contributed by atoms with Crippen molar-refractivity contribution in [2.45, 2.75) is 18.8 Å². The Bertz CT molecular complexity index is 490. The van der Waals surface area contributed by atoms with Crippen LogP contribution < -0.4 is 5.73 Å². The molecule has 2 amide bonds. The van der Waals surface area contributed by atoms with Gasteiger partial charge < -0.3 is 10.6 Å². The van der Waals surface area contributed by atoms with E-state index < -0.39 is 5.91 Å². The van der Waals surface area contributed by atoms with Crippen molar-refractivity contribution in [2.75, 3.05) is 13.1 Å². The van der Waals surface area contributed by atoms with E-state index in [4.69, 9.17) is 5.73 Å². The number of carbonyl (C=O) groups excluding carboxylic acids is 2. The molecule has 1 aliphatic heterocycles. The Kier molecular flexibility index (Phi) is 3.89. The molecule has 0 bridgehead atoms. The van der Waals surface area contributed by atoms with Gasteiger partial charge in [-0.05, 0) is 30.4 Å². The van der Waals surface area contributed by atoms with Gasteiger partial charge in [0.1, 0.15) is 0 Å². The molecule has 0 saturated carbocycles. The summed E-state index contributed by atoms with van der Waals surface area (Å²) in [6, 6.07) is 0. The highest BCUT2D eigenvalue weighted by atomic mass is 16.2. The van der Waals surface area contributed by atoms with Gasteiger partial charge in [0.25, 0.3) is 5.91 Å². The topological polar surface area (TPSA) is 89.2 Å². The van der Waals surface area contributed by atoms with Crippen LogP contribution in [0.4, 0.5) is 0 Å². The molecule has 0 radical (unpaired) electrons. The summed E-state index contributed by atoms with van der Waals surface area (Å²) in [5.74, 6) is -0.310. The molecule has 6 nitrogen and oxygen atoms in total. The average molecular weight is 260 g/mol. The Hall–Kier alpha value is -2.24. The van der Waals surface area contributed by atoms with E-state index in [0.29, 0.717) is 19.0 Å². The molecule has 19 heavy (non-hydrogen) atoms. The van der Waals surface area contributed by atoms with Gasteiger partial charge in [-0.1, -0.05) is 6.58 Å². The van der Waals surface area contributed by atoms with Crippen molar-refractivity contribution in [3.05, 3.63) is 36.4 Å². The van der Waals surface area contributed by atoms with Crippen molar-refractivity contribution in [3.63, 3.8) is 0 Å². The molecule has 0 unspecified atom stereocenters. The highest BCUT2D eigenvalue weighted by Gasteiger charge is 2.23. The van der Waals surface area contributed by atoms with Gasteiger partial charge in [0.05, 0.1) is 0 Å². The molecule has 2 rings (SSSR count). The van der Waals surface area contributed by atoms with Gasteiger partial charge in [0.15, 0.2) is 0 Å². The van der Waals surface area contributed by atoms with Crippen LogP contribution in [0.15, 0.2) is 25.0 Å². The predicted molar refractivity (Wildman–Crippen MR) is 69.3 cm³/mol. The van der Waals surface area contributed by atoms with E-state index in [1.54, 1.807) is 17.3 Å². The number of aromatic nitrogens is 2. The van der Waals surface area contributed by atoms with E-state index in [0.717, 1.165) is 18.4 Å². The molecule has 2 heterocycles. The van der Waals surface area contributed by atoms with E-state index in [2.05, 4.69) is 16.5 Å². The first-order chi connectivity index (χ1) is 9.11. The van der Waals surface area contributed by atoms with Crippen LogP contribution in [0.25, 0.3) is 0 Å². The smallest absolute Gasteiger partial charge is 0.286 e. The van der Waals surface area contributed by atoms with Crippen LogP contribution in [-0.4, -0.2) is 39.8 Å². The van der Waals surface area contributed by atoms with Crippen molar-refractivity contribution in [1.82, 2.24) is 14.9 Å². The lowest BCUT2D eigenvalue weighted by Crippen LogP contribution is -2.36. The van der Waals surface area contributed by atoms with Crippen LogP contribution in [0.5, 0.6) is 0 Å². The molecule has 1 fully saturated rings. The molecular formula is C13H16N4O2. The standard InChI is InChI=1S/C13H16N4O2/c1-2-11(18)17-5-3-9(4-6-17)10-7-15-13(12(14)19)16-8-10/h2,7-9H,1,3-6H2,(H2,14,19). The molecule has 0 aliphatic carbocycles. The third kappa shape index (κ3) is 2.96. The molecule has 1 saturated heterocycles. The minimum absolute atomic E-state index is 0.0289. The van der Waals surface area contributed by atoms with Crippen molar-refractivity contribution in [2.24, 2.45) is 5.73 Å². The predicted octanol–water partition coefficient (Wildman–Crippen LogP) is 0.467. The van der Waals surface area contributed by atoms with Crippen molar-refractivity contribution in [3.8, 4) is 0 Å². The Balaban J connectivity index is 1.99. The SMILES string of the molecule is C=CC(=O)N1CCC(c2cnc(C(N)=O)nc2)CC1. The number of primary amides is 1. The number of nitrogens with zero attached hydrogens (tertiary/aromatic N) is 3. The maximum absolute atomic E-state index is 11.5. The van der Waals surface area contributed by atoms with Crippen molar-refractivity contribution >= 4 is 11.8 Å². The van der Waals surface area contributed by atoms with Crippen LogP contribution in [0, 0.1) is 0 Å². The third-order valence-electron chi connectivity index (χ3n) is 3.34. The number of likely N-dealkylation sites (tertiary alicyclic amines) is 1. The van der Waals surface area contributed by atoms with Gasteiger partial charge in [0, 0.05) is 25.5 Å². The van der Waals surface area contributed by atoms with Gasteiger partial charge in [-0.25, -0.2) is 9.97 Å². The third-order valence-corrected chi connectivity index (χ3v) is 3.34. The summed E-state index contributed by atoms with van der Waals surface area (Å²) >= 11 is 0. The molecule has 1 aliphatic rings. The van der Waals surface area contributed by atoms with Gasteiger partial charge >= 0.3 is 0 Å². The molecule has 100 valence electrons. The van der Waals surface area contributed by atoms with Crippen LogP contribution in [0.2, 0.25) is 0 Å². The van der Waals surface area contributed by atoms with Crippen molar-refractivity contribution < 1.29 is 9.59 Å². The number of carbonyl (C=O) groups is 2. The summed E-state index contributed by atoms with van der Waals surface area (Å²) in [5, 5.41) is 0. The number of hydrogen-bond acceptors (Lipinski definition) is 4. The molecule has 0 spiro atoms. The zero-order valence-electron chi connectivity index (χ0n) is 10.6. The number of amides is 2. The zero-order valence-corrected chi connectivity index (χ0v) is 10.6. The highest BCUT2D eigenvalue weighted by Crippen LogP contribution is 2.27. The second-order valence-corrected chi connectivity index (χ2v) is 4.51. The second kappa shape index (κ2) is 5.60. The summed E-state index contributed by atoms with van der Waals surface area (Å²) in [4.78, 5) is 32.0. The Labute approximate surface area is 111 Å². The normalized spacial score (nSPS) is 16.1. The Morgan fingerprint density at radius 2 is 1.89 bits per heavy atom. The van der Waals surface area contributed by atoms with Crippen LogP contribution in [0.3, 0.4) is 0 Å². The fourth-order valence-electron chi connectivity index (χ4n) is 2.24. The average Bonchev–Trinajstić information content (AvgIpc) is 2.46. The molecule has 0 aromatic carbocycles. The van der Waals surface area contributed by atoms with Crippen LogP contribution >= 0.6 is 0 Å². The van der Waals surface area contributed by atoms with E-state index in [1.807, 2.05) is 0 Å². The molecule has 1 aromatic heterocycles. The molecule has 0 atom stereocenters. The first kappa shape index (κ1) is 13.2. The van der Waals surface area contributed by atoms with E-state index in [1.165, 1.54) is 6.08 Å². The van der Waals surface area contributed by atoms with Gasteiger partial charge in [-0.2, -0.15) is 0 Å². The Morgan fingerprint density at radius 1 is 1.32 bits per heavy atom. The maximum Gasteiger partial charge on any atom is 0.286 e. The highest BCUT2D eigenvalue weighted by molar-refractivity contribution is 5.88. The number of hydrogen-bond donors (Lipinski definition) is 1. The quantitative estimate of drug-likeness (QED) is 0.800. The summed E-state index contributed by atoms with van der Waals surface area (Å²) in [5.41, 5.74) is 6.07. The van der Waals surface area contributed by atoms with Gasteiger partial charge in [0.2, 0.25) is 11.7 Å². The largest absolute Gasteiger partial charge is 0.363 e. The minimum Gasteiger partial charge on any atom is -0.363 e. The fourth-order valence-corrected chi connectivity index (χ4v) is 2.24. The zero-order chi connectivity index (χ0) is 13.8. The Morgan fingerprint density at radius 3 is 2.37 bits per heavy atom. The summed E-state index contributed by atoms with van der Waals surface area (Å²) < 4.78 is 0. The summed E-state index contributed by atoms with van der Waals surface area (Å²) in [7, 11) is 0. The second-order valence-electron chi connectivity index (χ2n) is 4.51. The maximum atomic E-state index is 11.5. The fraction of sp³-hybridized carbons (Fsp3) is 0.385. The number of piperidine rings is 1. The van der Waals surface area contributed by atoms with Gasteiger partial charge in [-0.15, -0.1) is 0 Å². The molecule has 1 aromatic rings. The molecule has 2 N–H and O–H groups in total. The van der Waals surface area contributed by atoms with Gasteiger partial charge in [-0.3, -0.25) is 9.59 Å². The van der Waals surface area contributed by atoms with E-state index in [9.17, 15) is 9.59 Å². The van der Waals surface area contributed by atoms with E-state index >= 15 is 0 Å². The van der Waals surface area contributed by atoms with Crippen LogP contribution in [0.1, 0.15) is 34.9 Å². The molecule has 6 heteroatoms. The lowest BCUT2D eigenvalue weighted by Gasteiger charge is -2.31. The first-order valence-corrected chi connectivity index (χ1v) is 6.15. The van der Waals surface area contributed by atoms with Crippen molar-refractivity contribution in [1.29, 1.82) is 0 Å².